The lowest BCUT2D eigenvalue weighted by atomic mass is 10.1. The number of nitrogens with zero attached hydrogens (tertiary/aromatic N) is 3. The molecule has 1 aromatic heterocycles. The van der Waals surface area contributed by atoms with Gasteiger partial charge in [0.1, 0.15) is 5.82 Å². The molecule has 0 bridgehead atoms. The molecule has 3 rings (SSSR count). The molecule has 2 N–H and O–H groups in total. The Hall–Kier alpha value is -2.42. The third kappa shape index (κ3) is 4.85. The Kier molecular flexibility index (Phi) is 5.50. The first-order valence-corrected chi connectivity index (χ1v) is 8.96. The minimum absolute atomic E-state index is 0.169. The molecule has 0 fully saturated rings. The summed E-state index contributed by atoms with van der Waals surface area (Å²) in [5.74, 6) is 0.380. The molecule has 0 unspecified atom stereocenters. The van der Waals surface area contributed by atoms with Crippen LogP contribution in [0.3, 0.4) is 0 Å². The van der Waals surface area contributed by atoms with E-state index in [1.54, 1.807) is 4.90 Å². The maximum Gasteiger partial charge on any atom is 0.433 e. The van der Waals surface area contributed by atoms with Gasteiger partial charge in [-0.05, 0) is 29.3 Å². The number of alkyl halides is 3. The highest BCUT2D eigenvalue weighted by Gasteiger charge is 2.35. The van der Waals surface area contributed by atoms with Crippen LogP contribution in [-0.2, 0) is 19.3 Å². The summed E-state index contributed by atoms with van der Waals surface area (Å²) >= 11 is 5.13. The SMILES string of the molecule is CC(C)CNC(=S)Nc1nc(N2Cc3ccccc3C2)cc(C(F)(F)F)n1. The molecule has 27 heavy (non-hydrogen) atoms. The third-order valence-electron chi connectivity index (χ3n) is 4.06. The van der Waals surface area contributed by atoms with Crippen LogP contribution in [0.15, 0.2) is 30.3 Å². The number of thiocarbonyl (C=S) groups is 1. The number of halogens is 3. The zero-order valence-electron chi connectivity index (χ0n) is 15.0. The molecule has 144 valence electrons. The van der Waals surface area contributed by atoms with Crippen molar-refractivity contribution in [2.75, 3.05) is 16.8 Å². The molecule has 9 heteroatoms. The van der Waals surface area contributed by atoms with E-state index in [4.69, 9.17) is 12.2 Å². The molecule has 0 atom stereocenters. The first kappa shape index (κ1) is 19.3. The van der Waals surface area contributed by atoms with Crippen molar-refractivity contribution in [3.63, 3.8) is 0 Å². The summed E-state index contributed by atoms with van der Waals surface area (Å²) in [4.78, 5) is 9.64. The first-order chi connectivity index (χ1) is 12.7. The summed E-state index contributed by atoms with van der Waals surface area (Å²) in [5.41, 5.74) is 1.15. The van der Waals surface area contributed by atoms with E-state index in [1.807, 2.05) is 38.1 Å². The second-order valence-corrected chi connectivity index (χ2v) is 7.19. The Morgan fingerprint density at radius 3 is 2.37 bits per heavy atom. The molecule has 0 radical (unpaired) electrons. The highest BCUT2D eigenvalue weighted by Crippen LogP contribution is 2.33. The van der Waals surface area contributed by atoms with Crippen molar-refractivity contribution in [3.05, 3.63) is 47.2 Å². The topological polar surface area (TPSA) is 53.1 Å². The third-order valence-corrected chi connectivity index (χ3v) is 4.31. The fourth-order valence-electron chi connectivity index (χ4n) is 2.74. The summed E-state index contributed by atoms with van der Waals surface area (Å²) in [6.07, 6.45) is -4.58. The Morgan fingerprint density at radius 1 is 1.19 bits per heavy atom. The van der Waals surface area contributed by atoms with E-state index in [0.717, 1.165) is 17.2 Å². The van der Waals surface area contributed by atoms with Gasteiger partial charge in [0, 0.05) is 25.7 Å². The second-order valence-electron chi connectivity index (χ2n) is 6.79. The first-order valence-electron chi connectivity index (χ1n) is 8.55. The molecule has 1 aliphatic heterocycles. The van der Waals surface area contributed by atoms with Crippen LogP contribution in [0.1, 0.15) is 30.7 Å². The van der Waals surface area contributed by atoms with Crippen molar-refractivity contribution in [3.8, 4) is 0 Å². The maximum absolute atomic E-state index is 13.3. The van der Waals surface area contributed by atoms with Gasteiger partial charge in [-0.15, -0.1) is 0 Å². The highest BCUT2D eigenvalue weighted by molar-refractivity contribution is 7.80. The summed E-state index contributed by atoms with van der Waals surface area (Å²) in [7, 11) is 0. The van der Waals surface area contributed by atoms with Gasteiger partial charge in [-0.2, -0.15) is 18.2 Å². The summed E-state index contributed by atoms with van der Waals surface area (Å²) < 4.78 is 39.9. The van der Waals surface area contributed by atoms with Crippen LogP contribution in [0.5, 0.6) is 0 Å². The smallest absolute Gasteiger partial charge is 0.362 e. The van der Waals surface area contributed by atoms with Gasteiger partial charge < -0.3 is 15.5 Å². The zero-order chi connectivity index (χ0) is 19.6. The minimum Gasteiger partial charge on any atom is -0.362 e. The summed E-state index contributed by atoms with van der Waals surface area (Å²) in [6.45, 7) is 5.60. The molecular weight excluding hydrogens is 375 g/mol. The lowest BCUT2D eigenvalue weighted by Gasteiger charge is -2.19. The molecule has 0 saturated heterocycles. The van der Waals surface area contributed by atoms with Crippen molar-refractivity contribution < 1.29 is 13.2 Å². The van der Waals surface area contributed by atoms with Gasteiger partial charge >= 0.3 is 6.18 Å². The predicted molar refractivity (Wildman–Crippen MR) is 102 cm³/mol. The number of hydrogen-bond acceptors (Lipinski definition) is 4. The summed E-state index contributed by atoms with van der Waals surface area (Å²) in [6, 6.07) is 8.73. The molecule has 0 aliphatic carbocycles. The number of fused-ring (bicyclic) bond motifs is 1. The number of anilines is 2. The average Bonchev–Trinajstić information content (AvgIpc) is 3.03. The molecule has 0 spiro atoms. The van der Waals surface area contributed by atoms with Crippen LogP contribution < -0.4 is 15.5 Å². The van der Waals surface area contributed by atoms with Gasteiger partial charge in [0.05, 0.1) is 0 Å². The van der Waals surface area contributed by atoms with Crippen LogP contribution in [-0.4, -0.2) is 21.6 Å². The largest absolute Gasteiger partial charge is 0.433 e. The number of aromatic nitrogens is 2. The van der Waals surface area contributed by atoms with Crippen molar-refractivity contribution in [2.24, 2.45) is 5.92 Å². The second kappa shape index (κ2) is 7.67. The van der Waals surface area contributed by atoms with Gasteiger partial charge in [-0.3, -0.25) is 0 Å². The average molecular weight is 395 g/mol. The number of benzene rings is 1. The van der Waals surface area contributed by atoms with Gasteiger partial charge in [0.15, 0.2) is 10.8 Å². The minimum atomic E-state index is -4.58. The van der Waals surface area contributed by atoms with E-state index in [1.165, 1.54) is 0 Å². The molecule has 0 saturated carbocycles. The van der Waals surface area contributed by atoms with Crippen LogP contribution in [0, 0.1) is 5.92 Å². The monoisotopic (exact) mass is 395 g/mol. The Morgan fingerprint density at radius 2 is 1.81 bits per heavy atom. The molecule has 1 aromatic carbocycles. The van der Waals surface area contributed by atoms with Crippen LogP contribution >= 0.6 is 12.2 Å². The fourth-order valence-corrected chi connectivity index (χ4v) is 2.91. The van der Waals surface area contributed by atoms with Gasteiger partial charge in [-0.25, -0.2) is 4.98 Å². The number of rotatable bonds is 4. The highest BCUT2D eigenvalue weighted by atomic mass is 32.1. The standard InChI is InChI=1S/C18H20F3N5S/c1-11(2)8-22-17(27)25-16-23-14(18(19,20)21)7-15(24-16)26-9-12-5-3-4-6-13(12)10-26/h3-7,11H,8-10H2,1-2H3,(H2,22,23,24,25,27). The Labute approximate surface area is 161 Å². The van der Waals surface area contributed by atoms with Gasteiger partial charge in [0.2, 0.25) is 5.95 Å². The van der Waals surface area contributed by atoms with E-state index in [9.17, 15) is 13.2 Å². The van der Waals surface area contributed by atoms with Crippen molar-refractivity contribution in [1.29, 1.82) is 0 Å². The lowest BCUT2D eigenvalue weighted by Crippen LogP contribution is -2.32. The van der Waals surface area contributed by atoms with Crippen molar-refractivity contribution >= 4 is 29.1 Å². The van der Waals surface area contributed by atoms with E-state index >= 15 is 0 Å². The van der Waals surface area contributed by atoms with Crippen molar-refractivity contribution in [1.82, 2.24) is 15.3 Å². The lowest BCUT2D eigenvalue weighted by molar-refractivity contribution is -0.141. The normalized spacial score (nSPS) is 13.6. The van der Waals surface area contributed by atoms with Gasteiger partial charge in [0.25, 0.3) is 0 Å². The molecular formula is C18H20F3N5S. The van der Waals surface area contributed by atoms with Crippen LogP contribution in [0.4, 0.5) is 24.9 Å². The molecule has 2 heterocycles. The molecule has 0 amide bonds. The maximum atomic E-state index is 13.3. The molecule has 2 aromatic rings. The Bertz CT molecular complexity index is 813. The summed E-state index contributed by atoms with van der Waals surface area (Å²) in [5, 5.41) is 5.80. The molecule has 5 nitrogen and oxygen atoms in total. The van der Waals surface area contributed by atoms with Crippen LogP contribution in [0.2, 0.25) is 0 Å². The van der Waals surface area contributed by atoms with E-state index in [2.05, 4.69) is 20.6 Å². The van der Waals surface area contributed by atoms with E-state index < -0.39 is 11.9 Å². The molecule has 1 aliphatic rings. The zero-order valence-corrected chi connectivity index (χ0v) is 15.8. The Balaban J connectivity index is 1.85. The van der Waals surface area contributed by atoms with Crippen LogP contribution in [0.25, 0.3) is 0 Å². The number of hydrogen-bond donors (Lipinski definition) is 2. The quantitative estimate of drug-likeness (QED) is 0.765. The van der Waals surface area contributed by atoms with Gasteiger partial charge in [-0.1, -0.05) is 38.1 Å². The van der Waals surface area contributed by atoms with Crippen molar-refractivity contribution in [2.45, 2.75) is 33.1 Å². The van der Waals surface area contributed by atoms with E-state index in [0.29, 0.717) is 25.6 Å². The number of nitrogens with one attached hydrogen (secondary N) is 2. The predicted octanol–water partition coefficient (Wildman–Crippen LogP) is 3.96. The fraction of sp³-hybridized carbons (Fsp3) is 0.389. The van der Waals surface area contributed by atoms with E-state index in [-0.39, 0.29) is 16.9 Å².